The lowest BCUT2D eigenvalue weighted by Gasteiger charge is -2.22. The Morgan fingerprint density at radius 2 is 1.53 bits per heavy atom. The zero-order valence-electron chi connectivity index (χ0n) is 22.8. The molecule has 18 heteroatoms. The van der Waals surface area contributed by atoms with Crippen molar-refractivity contribution in [3.05, 3.63) is 71.3 Å². The summed E-state index contributed by atoms with van der Waals surface area (Å²) >= 11 is 0. The largest absolute Gasteiger partial charge is 0.481 e. The third kappa shape index (κ3) is 6.85. The minimum absolute atomic E-state index is 0.0152. The molecule has 0 fully saturated rings. The van der Waals surface area contributed by atoms with Gasteiger partial charge in [0.15, 0.2) is 11.6 Å². The van der Waals surface area contributed by atoms with E-state index in [9.17, 15) is 34.8 Å². The third-order valence-electron chi connectivity index (χ3n) is 6.11. The van der Waals surface area contributed by atoms with Crippen LogP contribution in [0.5, 0.6) is 5.88 Å². The van der Waals surface area contributed by atoms with Crippen LogP contribution in [0, 0.1) is 6.92 Å². The van der Waals surface area contributed by atoms with Gasteiger partial charge in [-0.15, -0.1) is 10.2 Å². The molecule has 4 rings (SSSR count). The number of nitrogens with zero attached hydrogens (tertiary/aromatic N) is 6. The van der Waals surface area contributed by atoms with Crippen LogP contribution in [0.25, 0.3) is 17.2 Å². The van der Waals surface area contributed by atoms with E-state index < -0.39 is 56.5 Å². The predicted octanol–water partition coefficient (Wildman–Crippen LogP) is 4.99. The smallest absolute Gasteiger partial charge is 0.416 e. The molecule has 0 radical (unpaired) electrons. The summed E-state index contributed by atoms with van der Waals surface area (Å²) in [6, 6.07) is 4.94. The van der Waals surface area contributed by atoms with Gasteiger partial charge in [-0.2, -0.15) is 26.3 Å². The molecule has 3 aromatic heterocycles. The first-order valence-electron chi connectivity index (χ1n) is 12.1. The minimum atomic E-state index is -5.19. The van der Waals surface area contributed by atoms with Crippen LogP contribution in [0.1, 0.15) is 35.5 Å². The van der Waals surface area contributed by atoms with Crippen molar-refractivity contribution in [2.45, 2.75) is 37.6 Å². The Balaban J connectivity index is 1.90. The topological polar surface area (TPSA) is 134 Å². The second-order valence-electron chi connectivity index (χ2n) is 9.14. The maximum Gasteiger partial charge on any atom is 0.416 e. The summed E-state index contributed by atoms with van der Waals surface area (Å²) in [5, 5.41) is 6.17. The molecule has 0 aliphatic heterocycles. The van der Waals surface area contributed by atoms with E-state index in [1.165, 1.54) is 51.7 Å². The summed E-state index contributed by atoms with van der Waals surface area (Å²) in [6.45, 7) is 2.96. The van der Waals surface area contributed by atoms with E-state index in [2.05, 4.69) is 29.9 Å². The highest BCUT2D eigenvalue weighted by Gasteiger charge is 2.39. The summed E-state index contributed by atoms with van der Waals surface area (Å²) in [5.41, 5.74) is -3.44. The average molecular weight is 632 g/mol. The molecule has 0 bridgehead atoms. The molecule has 1 N–H and O–H groups in total. The van der Waals surface area contributed by atoms with E-state index in [0.29, 0.717) is 22.3 Å². The van der Waals surface area contributed by atoms with Crippen LogP contribution in [-0.2, 0) is 27.1 Å². The summed E-state index contributed by atoms with van der Waals surface area (Å²) < 4.78 is 122. The van der Waals surface area contributed by atoms with Crippen molar-refractivity contribution < 1.29 is 44.2 Å². The number of hydrogen-bond donors (Lipinski definition) is 1. The number of anilines is 1. The Bertz CT molecular complexity index is 1680. The van der Waals surface area contributed by atoms with Crippen molar-refractivity contribution in [1.29, 1.82) is 0 Å². The zero-order chi connectivity index (χ0) is 31.7. The summed E-state index contributed by atoms with van der Waals surface area (Å²) in [4.78, 5) is 12.3. The number of aryl methyl sites for hydroxylation is 1. The summed E-state index contributed by atoms with van der Waals surface area (Å²) in [7, 11) is -2.04. The average Bonchev–Trinajstić information content (AvgIpc) is 3.36. The lowest BCUT2D eigenvalue weighted by molar-refractivity contribution is -0.143. The van der Waals surface area contributed by atoms with Crippen LogP contribution < -0.4 is 9.46 Å². The number of methoxy groups -OCH3 is 2. The van der Waals surface area contributed by atoms with Crippen molar-refractivity contribution in [3.63, 3.8) is 0 Å². The van der Waals surface area contributed by atoms with Crippen LogP contribution in [0.4, 0.5) is 32.3 Å². The monoisotopic (exact) mass is 631 g/mol. The molecule has 0 spiro atoms. The lowest BCUT2D eigenvalue weighted by Crippen LogP contribution is -2.33. The standard InChI is InChI=1S/C25H23F6N7O4S/c1-13-11-32-21(33-12-13)20(42-4)14(2)43(39,40)37-23-36-35-22(18-6-5-7-19(34-18)41-3)38(23)17-9-15(24(26,27)28)8-16(10-17)25(29,30)31/h5-12,14,20H,1-4H3,(H,36,37). The number of benzene rings is 1. The van der Waals surface area contributed by atoms with Crippen LogP contribution in [0.2, 0.25) is 0 Å². The SMILES string of the molecule is COc1cccc(-c2nnc(NS(=O)(=O)C(C)C(OC)c3ncc(C)cn3)n2-c2cc(C(F)(F)F)cc(C(F)(F)F)c2)n1. The highest BCUT2D eigenvalue weighted by molar-refractivity contribution is 7.93. The molecule has 1 aromatic carbocycles. The molecule has 11 nitrogen and oxygen atoms in total. The Morgan fingerprint density at radius 3 is 2.07 bits per heavy atom. The quantitative estimate of drug-likeness (QED) is 0.254. The van der Waals surface area contributed by atoms with Crippen molar-refractivity contribution in [3.8, 4) is 23.1 Å². The van der Waals surface area contributed by atoms with Crippen LogP contribution >= 0.6 is 0 Å². The molecule has 0 amide bonds. The second-order valence-corrected chi connectivity index (χ2v) is 11.2. The molecule has 2 atom stereocenters. The number of ether oxygens (including phenoxy) is 2. The molecular formula is C25H23F6N7O4S. The van der Waals surface area contributed by atoms with E-state index >= 15 is 0 Å². The number of alkyl halides is 6. The maximum atomic E-state index is 13.7. The third-order valence-corrected chi connectivity index (χ3v) is 7.81. The minimum Gasteiger partial charge on any atom is -0.481 e. The van der Waals surface area contributed by atoms with Gasteiger partial charge in [0, 0.05) is 25.6 Å². The van der Waals surface area contributed by atoms with Crippen LogP contribution in [0.3, 0.4) is 0 Å². The Labute approximate surface area is 241 Å². The number of pyridine rings is 1. The number of halogens is 6. The molecule has 0 saturated carbocycles. The number of sulfonamides is 1. The molecule has 43 heavy (non-hydrogen) atoms. The first-order valence-corrected chi connectivity index (χ1v) is 13.7. The van der Waals surface area contributed by atoms with E-state index in [4.69, 9.17) is 9.47 Å². The zero-order valence-corrected chi connectivity index (χ0v) is 23.6. The van der Waals surface area contributed by atoms with Gasteiger partial charge in [-0.05, 0) is 43.7 Å². The highest BCUT2D eigenvalue weighted by Crippen LogP contribution is 2.39. The Hall–Kier alpha value is -4.32. The highest BCUT2D eigenvalue weighted by atomic mass is 32.2. The van der Waals surface area contributed by atoms with Crippen LogP contribution in [0.15, 0.2) is 48.8 Å². The number of aromatic nitrogens is 6. The van der Waals surface area contributed by atoms with Crippen molar-refractivity contribution in [1.82, 2.24) is 29.7 Å². The fourth-order valence-corrected chi connectivity index (χ4v) is 5.05. The molecule has 0 saturated heterocycles. The van der Waals surface area contributed by atoms with Gasteiger partial charge in [-0.25, -0.2) is 23.4 Å². The first-order chi connectivity index (χ1) is 20.0. The molecule has 0 aliphatic rings. The molecule has 230 valence electrons. The fourth-order valence-electron chi connectivity index (χ4n) is 3.92. The summed E-state index contributed by atoms with van der Waals surface area (Å²) in [6.07, 6.45) is -8.72. The van der Waals surface area contributed by atoms with Crippen molar-refractivity contribution >= 4 is 16.0 Å². The van der Waals surface area contributed by atoms with Crippen molar-refractivity contribution in [2.24, 2.45) is 0 Å². The molecule has 3 heterocycles. The first kappa shape index (κ1) is 31.6. The van der Waals surface area contributed by atoms with Gasteiger partial charge in [0.25, 0.3) is 0 Å². The normalized spacial score (nSPS) is 13.9. The number of nitrogens with one attached hydrogen (secondary N) is 1. The number of rotatable bonds is 9. The van der Waals surface area contributed by atoms with E-state index in [0.717, 1.165) is 0 Å². The molecular weight excluding hydrogens is 608 g/mol. The summed E-state index contributed by atoms with van der Waals surface area (Å²) in [5.74, 6) is -1.06. The lowest BCUT2D eigenvalue weighted by atomic mass is 10.1. The van der Waals surface area contributed by atoms with Crippen LogP contribution in [-0.4, -0.2) is 57.6 Å². The van der Waals surface area contributed by atoms with Gasteiger partial charge < -0.3 is 9.47 Å². The van der Waals surface area contributed by atoms with Gasteiger partial charge in [-0.1, -0.05) is 6.07 Å². The number of hydrogen-bond acceptors (Lipinski definition) is 9. The van der Waals surface area contributed by atoms with Gasteiger partial charge in [0.2, 0.25) is 21.9 Å². The Kier molecular flexibility index (Phi) is 8.64. The van der Waals surface area contributed by atoms with E-state index in [1.54, 1.807) is 6.92 Å². The molecule has 2 unspecified atom stereocenters. The predicted molar refractivity (Wildman–Crippen MR) is 140 cm³/mol. The van der Waals surface area contributed by atoms with E-state index in [1.807, 2.05) is 0 Å². The van der Waals surface area contributed by atoms with Gasteiger partial charge in [0.1, 0.15) is 17.0 Å². The Morgan fingerprint density at radius 1 is 0.930 bits per heavy atom. The fraction of sp³-hybridized carbons (Fsp3) is 0.320. The molecule has 4 aromatic rings. The van der Waals surface area contributed by atoms with Gasteiger partial charge in [0.05, 0.1) is 23.9 Å². The van der Waals surface area contributed by atoms with E-state index in [-0.39, 0.29) is 29.3 Å². The maximum absolute atomic E-state index is 13.7. The van der Waals surface area contributed by atoms with Gasteiger partial charge >= 0.3 is 12.4 Å². The molecule has 0 aliphatic carbocycles. The van der Waals surface area contributed by atoms with Crippen molar-refractivity contribution in [2.75, 3.05) is 18.9 Å². The van der Waals surface area contributed by atoms with Gasteiger partial charge in [-0.3, -0.25) is 9.29 Å². The second kappa shape index (κ2) is 11.8.